The molecule has 0 aromatic heterocycles. The number of aliphatic hydroxyl groups is 1. The number of hydrogen-bond donors (Lipinski definition) is 1. The van der Waals surface area contributed by atoms with E-state index in [9.17, 15) is 5.11 Å². The van der Waals surface area contributed by atoms with E-state index in [1.54, 1.807) is 5.57 Å². The lowest BCUT2D eigenvalue weighted by molar-refractivity contribution is -0.0968. The number of ether oxygens (including phenoxy) is 1. The highest BCUT2D eigenvalue weighted by Crippen LogP contribution is 2.65. The average Bonchev–Trinajstić information content (AvgIpc) is 3.02. The van der Waals surface area contributed by atoms with Crippen LogP contribution in [0.4, 0.5) is 0 Å². The third-order valence-corrected chi connectivity index (χ3v) is 15.2. The Balaban J connectivity index is 1.49. The first kappa shape index (κ1) is 24.0. The smallest absolute Gasteiger partial charge is 0.192 e. The van der Waals surface area contributed by atoms with E-state index in [2.05, 4.69) is 53.8 Å². The number of fused-ring (bicyclic) bond motifs is 5. The van der Waals surface area contributed by atoms with Crippen molar-refractivity contribution < 1.29 is 14.3 Å². The Kier molecular flexibility index (Phi) is 6.38. The Morgan fingerprint density at radius 1 is 1.06 bits per heavy atom. The minimum Gasteiger partial charge on any atom is -0.414 e. The number of allylic oxidation sites excluding steroid dienone is 1. The minimum atomic E-state index is -1.71. The van der Waals surface area contributed by atoms with Crippen molar-refractivity contribution in [2.24, 2.45) is 28.6 Å². The monoisotopic (exact) mass is 448 g/mol. The van der Waals surface area contributed by atoms with Gasteiger partial charge in [-0.05, 0) is 98.1 Å². The van der Waals surface area contributed by atoms with Gasteiger partial charge >= 0.3 is 0 Å². The van der Waals surface area contributed by atoms with E-state index in [0.717, 1.165) is 24.2 Å². The maximum Gasteiger partial charge on any atom is 0.192 e. The molecule has 0 radical (unpaired) electrons. The maximum absolute atomic E-state index is 9.25. The minimum absolute atomic E-state index is 0.144. The molecular formula is C27H48O3Si. The predicted molar refractivity (Wildman–Crippen MR) is 131 cm³/mol. The van der Waals surface area contributed by atoms with E-state index in [4.69, 9.17) is 9.16 Å². The van der Waals surface area contributed by atoms with Gasteiger partial charge in [-0.1, -0.05) is 46.3 Å². The fourth-order valence-corrected chi connectivity index (χ4v) is 9.13. The summed E-state index contributed by atoms with van der Waals surface area (Å²) in [6.07, 6.45) is 13.5. The van der Waals surface area contributed by atoms with Gasteiger partial charge in [-0.2, -0.15) is 0 Å². The molecule has 0 aromatic carbocycles. The van der Waals surface area contributed by atoms with Gasteiger partial charge in [-0.25, -0.2) is 0 Å². The number of hydrogen-bond acceptors (Lipinski definition) is 3. The Bertz CT molecular complexity index is 695. The molecule has 3 saturated carbocycles. The van der Waals surface area contributed by atoms with Gasteiger partial charge < -0.3 is 14.3 Å². The summed E-state index contributed by atoms with van der Waals surface area (Å²) in [7, 11) is -1.71. The zero-order chi connectivity index (χ0) is 22.7. The van der Waals surface area contributed by atoms with Crippen LogP contribution in [0.25, 0.3) is 0 Å². The van der Waals surface area contributed by atoms with Crippen LogP contribution in [0.15, 0.2) is 11.6 Å². The number of aliphatic hydroxyl groups excluding tert-OH is 1. The fourth-order valence-electron chi connectivity index (χ4n) is 7.74. The second-order valence-electron chi connectivity index (χ2n) is 13.2. The van der Waals surface area contributed by atoms with Crippen LogP contribution in [0.5, 0.6) is 0 Å². The molecule has 0 aliphatic heterocycles. The van der Waals surface area contributed by atoms with Crippen molar-refractivity contribution in [3.05, 3.63) is 11.6 Å². The van der Waals surface area contributed by atoms with Crippen molar-refractivity contribution in [3.63, 3.8) is 0 Å². The van der Waals surface area contributed by atoms with Gasteiger partial charge in [0.15, 0.2) is 8.32 Å². The van der Waals surface area contributed by atoms with E-state index in [1.165, 1.54) is 44.9 Å². The Morgan fingerprint density at radius 2 is 1.81 bits per heavy atom. The molecule has 0 unspecified atom stereocenters. The third-order valence-electron chi connectivity index (χ3n) is 10.6. The largest absolute Gasteiger partial charge is 0.414 e. The molecule has 0 saturated heterocycles. The lowest BCUT2D eigenvalue weighted by Crippen LogP contribution is -2.52. The summed E-state index contributed by atoms with van der Waals surface area (Å²) in [5.41, 5.74) is 2.40. The van der Waals surface area contributed by atoms with Gasteiger partial charge in [0.25, 0.3) is 0 Å². The van der Waals surface area contributed by atoms with Crippen LogP contribution in [0.2, 0.25) is 18.1 Å². The molecule has 0 aromatic rings. The first-order valence-electron chi connectivity index (χ1n) is 13.0. The van der Waals surface area contributed by atoms with E-state index in [1.807, 2.05) is 0 Å². The molecular weight excluding hydrogens is 400 g/mol. The number of rotatable bonds is 5. The molecule has 4 rings (SSSR count). The highest BCUT2D eigenvalue weighted by atomic mass is 28.4. The molecule has 178 valence electrons. The lowest BCUT2D eigenvalue weighted by Gasteiger charge is -2.58. The third kappa shape index (κ3) is 4.02. The summed E-state index contributed by atoms with van der Waals surface area (Å²) < 4.78 is 13.0. The zero-order valence-corrected chi connectivity index (χ0v) is 22.3. The van der Waals surface area contributed by atoms with Crippen molar-refractivity contribution in [3.8, 4) is 0 Å². The molecule has 3 nitrogen and oxygen atoms in total. The first-order chi connectivity index (χ1) is 14.4. The van der Waals surface area contributed by atoms with Gasteiger partial charge in [0.2, 0.25) is 0 Å². The molecule has 3 fully saturated rings. The molecule has 0 amide bonds. The summed E-state index contributed by atoms with van der Waals surface area (Å²) in [5.74, 6) is 2.43. The van der Waals surface area contributed by atoms with E-state index >= 15 is 0 Å². The summed E-state index contributed by atoms with van der Waals surface area (Å²) in [5, 5.41) is 9.54. The van der Waals surface area contributed by atoms with Crippen molar-refractivity contribution in [2.75, 3.05) is 13.2 Å². The van der Waals surface area contributed by atoms with Crippen LogP contribution in [-0.4, -0.2) is 38.8 Å². The van der Waals surface area contributed by atoms with E-state index in [0.29, 0.717) is 29.6 Å². The van der Waals surface area contributed by atoms with Crippen molar-refractivity contribution in [2.45, 2.75) is 116 Å². The molecule has 7 atom stereocenters. The molecule has 0 spiro atoms. The maximum atomic E-state index is 9.25. The molecule has 4 aliphatic carbocycles. The Labute approximate surface area is 192 Å². The molecule has 4 heteroatoms. The second-order valence-corrected chi connectivity index (χ2v) is 18.0. The summed E-state index contributed by atoms with van der Waals surface area (Å²) >= 11 is 0. The van der Waals surface area contributed by atoms with Crippen LogP contribution in [0, 0.1) is 28.6 Å². The van der Waals surface area contributed by atoms with Crippen LogP contribution in [-0.2, 0) is 9.16 Å². The highest BCUT2D eigenvalue weighted by molar-refractivity contribution is 6.74. The van der Waals surface area contributed by atoms with Crippen LogP contribution in [0.3, 0.4) is 0 Å². The zero-order valence-electron chi connectivity index (χ0n) is 21.3. The Hall–Kier alpha value is -0.163. The topological polar surface area (TPSA) is 38.7 Å². The van der Waals surface area contributed by atoms with Gasteiger partial charge in [0, 0.05) is 6.10 Å². The lowest BCUT2D eigenvalue weighted by atomic mass is 9.48. The molecule has 4 aliphatic rings. The molecule has 0 heterocycles. The predicted octanol–water partition coefficient (Wildman–Crippen LogP) is 6.72. The highest BCUT2D eigenvalue weighted by Gasteiger charge is 2.59. The van der Waals surface area contributed by atoms with Crippen molar-refractivity contribution in [1.29, 1.82) is 0 Å². The van der Waals surface area contributed by atoms with Crippen molar-refractivity contribution >= 4 is 8.32 Å². The molecule has 31 heavy (non-hydrogen) atoms. The summed E-state index contributed by atoms with van der Waals surface area (Å²) in [6, 6.07) is 0. The van der Waals surface area contributed by atoms with Crippen molar-refractivity contribution in [1.82, 2.24) is 0 Å². The summed E-state index contributed by atoms with van der Waals surface area (Å²) in [6.45, 7) is 17.6. The standard InChI is InChI=1S/C27H48O3Si/c1-25(2,3)31(6,7)30-20-12-14-26(4)19(18-20)8-9-21-22-10-11-24(29-17-16-28)27(22,5)15-13-23(21)26/h8,20-24,28H,9-18H2,1-7H3/t20-,21-,22-,23-,24-,26-,27-/m0/s1. The van der Waals surface area contributed by atoms with Gasteiger partial charge in [0.1, 0.15) is 0 Å². The summed E-state index contributed by atoms with van der Waals surface area (Å²) in [4.78, 5) is 0. The molecule has 1 N–H and O–H groups in total. The van der Waals surface area contributed by atoms with E-state index in [-0.39, 0.29) is 11.6 Å². The van der Waals surface area contributed by atoms with E-state index < -0.39 is 8.32 Å². The average molecular weight is 449 g/mol. The van der Waals surface area contributed by atoms with Crippen LogP contribution in [0.1, 0.15) is 86.0 Å². The van der Waals surface area contributed by atoms with Gasteiger partial charge in [-0.15, -0.1) is 0 Å². The van der Waals surface area contributed by atoms with Crippen LogP contribution < -0.4 is 0 Å². The van der Waals surface area contributed by atoms with Crippen LogP contribution >= 0.6 is 0 Å². The molecule has 0 bridgehead atoms. The van der Waals surface area contributed by atoms with Gasteiger partial charge in [-0.3, -0.25) is 0 Å². The fraction of sp³-hybridized carbons (Fsp3) is 0.926. The quantitative estimate of drug-likeness (QED) is 0.375. The normalized spacial score (nSPS) is 43.1. The Morgan fingerprint density at radius 3 is 2.48 bits per heavy atom. The second kappa shape index (κ2) is 8.25. The SMILES string of the molecule is CC(C)(C)[Si](C)(C)O[C@H]1CC[C@@]2(C)C(=CC[C@H]3[C@@H]4CC[C@H](OCCO)[C@@]4(C)CC[C@@H]32)C1. The van der Waals surface area contributed by atoms with Gasteiger partial charge in [0.05, 0.1) is 19.3 Å². The first-order valence-corrected chi connectivity index (χ1v) is 15.9.